The summed E-state index contributed by atoms with van der Waals surface area (Å²) in [7, 11) is 0. The number of nitrogens with two attached hydrogens (primary N) is 1. The summed E-state index contributed by atoms with van der Waals surface area (Å²) in [5, 5.41) is 17.6. The van der Waals surface area contributed by atoms with E-state index >= 15 is 0 Å². The normalized spacial score (nSPS) is 12.8. The summed E-state index contributed by atoms with van der Waals surface area (Å²) in [4.78, 5) is 11.2. The molecule has 1 unspecified atom stereocenters. The molecule has 0 aromatic carbocycles. The third-order valence-corrected chi connectivity index (χ3v) is 3.58. The maximum Gasteiger partial charge on any atom is 0.220 e. The molecule has 114 valence electrons. The van der Waals surface area contributed by atoms with Crippen molar-refractivity contribution in [1.29, 1.82) is 0 Å². The van der Waals surface area contributed by atoms with Crippen LogP contribution in [0.1, 0.15) is 77.6 Å². The van der Waals surface area contributed by atoms with Gasteiger partial charge in [-0.15, -0.1) is 0 Å². The van der Waals surface area contributed by atoms with Crippen molar-refractivity contribution in [2.24, 2.45) is 11.7 Å². The van der Waals surface area contributed by atoms with Gasteiger partial charge < -0.3 is 15.9 Å². The molecular weight excluding hydrogens is 242 g/mol. The average Bonchev–Trinajstić information content (AvgIpc) is 2.35. The van der Waals surface area contributed by atoms with Gasteiger partial charge in [-0.2, -0.15) is 0 Å². The Morgan fingerprint density at radius 1 is 0.895 bits per heavy atom. The number of aliphatic hydroxyl groups excluding tert-OH is 1. The van der Waals surface area contributed by atoms with Crippen LogP contribution in [0.15, 0.2) is 0 Å². The summed E-state index contributed by atoms with van der Waals surface area (Å²) in [5.41, 5.74) is 5.32. The molecule has 0 aromatic rings. The number of hydrogen-bond acceptors (Lipinski definition) is 3. The van der Waals surface area contributed by atoms with E-state index in [-0.39, 0.29) is 18.2 Å². The van der Waals surface area contributed by atoms with Gasteiger partial charge in [-0.1, -0.05) is 58.3 Å². The Kier molecular flexibility index (Phi) is 12.0. The van der Waals surface area contributed by atoms with Crippen LogP contribution in [0.5, 0.6) is 0 Å². The number of rotatable bonds is 13. The Hall–Kier alpha value is -0.610. The first-order chi connectivity index (χ1) is 9.07. The highest BCUT2D eigenvalue weighted by atomic mass is 16.5. The van der Waals surface area contributed by atoms with Gasteiger partial charge in [0.05, 0.1) is 0 Å². The molecule has 1 amide bonds. The minimum absolute atomic E-state index is 0.207. The summed E-state index contributed by atoms with van der Waals surface area (Å²) < 4.78 is 0. The summed E-state index contributed by atoms with van der Waals surface area (Å²) in [6.07, 6.45) is 10.0. The summed E-state index contributed by atoms with van der Waals surface area (Å²) in [6.45, 7) is 2.22. The van der Waals surface area contributed by atoms with Crippen molar-refractivity contribution in [2.75, 3.05) is 0 Å². The monoisotopic (exact) mass is 273 g/mol. The van der Waals surface area contributed by atoms with Crippen molar-refractivity contribution in [2.45, 2.75) is 83.8 Å². The van der Waals surface area contributed by atoms with Crippen LogP contribution < -0.4 is 5.73 Å². The van der Waals surface area contributed by atoms with Crippen molar-refractivity contribution in [1.82, 2.24) is 0 Å². The highest BCUT2D eigenvalue weighted by Gasteiger charge is 2.15. The number of carbonyl (C=O) groups excluding carboxylic acids is 1. The van der Waals surface area contributed by atoms with E-state index in [4.69, 9.17) is 15.9 Å². The number of carbonyl (C=O) groups is 1. The molecule has 0 rings (SSSR count). The Morgan fingerprint density at radius 3 is 1.89 bits per heavy atom. The molecule has 0 aliphatic heterocycles. The van der Waals surface area contributed by atoms with Crippen molar-refractivity contribution < 1.29 is 15.0 Å². The molecule has 0 radical (unpaired) electrons. The number of hydrogen-bond donors (Lipinski definition) is 3. The summed E-state index contributed by atoms with van der Waals surface area (Å²) in [5.74, 6) is -0.523. The molecule has 0 saturated heterocycles. The lowest BCUT2D eigenvalue weighted by atomic mass is 9.95. The summed E-state index contributed by atoms with van der Waals surface area (Å²) >= 11 is 0. The average molecular weight is 273 g/mol. The van der Waals surface area contributed by atoms with Crippen LogP contribution in [-0.2, 0) is 4.79 Å². The molecule has 0 bridgehead atoms. The third-order valence-electron chi connectivity index (χ3n) is 3.58. The largest absolute Gasteiger partial charge is 0.369 e. The zero-order valence-electron chi connectivity index (χ0n) is 12.3. The van der Waals surface area contributed by atoms with Crippen molar-refractivity contribution >= 4 is 5.91 Å². The Balaban J connectivity index is 3.51. The molecule has 0 fully saturated rings. The van der Waals surface area contributed by atoms with E-state index in [2.05, 4.69) is 6.92 Å². The standard InChI is InChI=1S/C15H31NO3/c1-2-3-4-5-6-7-8-9-10-13(15(16)19)11-12-14(17)18/h13-14,17-18H,2-12H2,1H3,(H2,16,19). The molecule has 0 saturated carbocycles. The van der Waals surface area contributed by atoms with Crippen LogP contribution in [-0.4, -0.2) is 22.4 Å². The highest BCUT2D eigenvalue weighted by Crippen LogP contribution is 2.17. The first-order valence-electron chi connectivity index (χ1n) is 7.73. The number of aliphatic hydroxyl groups is 2. The second-order valence-corrected chi connectivity index (χ2v) is 5.42. The lowest BCUT2D eigenvalue weighted by Gasteiger charge is -2.13. The quantitative estimate of drug-likeness (QED) is 0.356. The fourth-order valence-corrected chi connectivity index (χ4v) is 2.30. The van der Waals surface area contributed by atoms with E-state index in [1.54, 1.807) is 0 Å². The predicted molar refractivity (Wildman–Crippen MR) is 77.4 cm³/mol. The molecule has 4 N–H and O–H groups in total. The van der Waals surface area contributed by atoms with Gasteiger partial charge in [-0.3, -0.25) is 4.79 Å². The van der Waals surface area contributed by atoms with E-state index in [1.807, 2.05) is 0 Å². The second-order valence-electron chi connectivity index (χ2n) is 5.42. The molecule has 0 aliphatic rings. The van der Waals surface area contributed by atoms with Gasteiger partial charge in [0.15, 0.2) is 6.29 Å². The molecule has 4 nitrogen and oxygen atoms in total. The second kappa shape index (κ2) is 12.4. The zero-order chi connectivity index (χ0) is 14.5. The van der Waals surface area contributed by atoms with E-state index in [9.17, 15) is 4.79 Å². The minimum Gasteiger partial charge on any atom is -0.369 e. The van der Waals surface area contributed by atoms with Crippen molar-refractivity contribution in [3.05, 3.63) is 0 Å². The highest BCUT2D eigenvalue weighted by molar-refractivity contribution is 5.76. The molecule has 0 heterocycles. The Bertz CT molecular complexity index is 219. The van der Waals surface area contributed by atoms with Crippen LogP contribution in [0, 0.1) is 5.92 Å². The lowest BCUT2D eigenvalue weighted by molar-refractivity contribution is -0.123. The first kappa shape index (κ1) is 18.4. The lowest BCUT2D eigenvalue weighted by Crippen LogP contribution is -2.24. The topological polar surface area (TPSA) is 83.6 Å². The van der Waals surface area contributed by atoms with E-state index in [0.717, 1.165) is 19.3 Å². The molecular formula is C15H31NO3. The predicted octanol–water partition coefficient (Wildman–Crippen LogP) is 2.71. The van der Waals surface area contributed by atoms with Crippen LogP contribution in [0.3, 0.4) is 0 Å². The van der Waals surface area contributed by atoms with Crippen LogP contribution in [0.25, 0.3) is 0 Å². The molecule has 19 heavy (non-hydrogen) atoms. The van der Waals surface area contributed by atoms with Gasteiger partial charge in [0, 0.05) is 5.92 Å². The third kappa shape index (κ3) is 12.2. The number of unbranched alkanes of at least 4 members (excludes halogenated alkanes) is 7. The SMILES string of the molecule is CCCCCCCCCCC(CCC(O)O)C(N)=O. The Morgan fingerprint density at radius 2 is 1.42 bits per heavy atom. The zero-order valence-corrected chi connectivity index (χ0v) is 12.3. The Labute approximate surface area is 117 Å². The molecule has 0 aliphatic carbocycles. The smallest absolute Gasteiger partial charge is 0.220 e. The van der Waals surface area contributed by atoms with E-state index in [1.165, 1.54) is 38.5 Å². The maximum absolute atomic E-state index is 11.2. The van der Waals surface area contributed by atoms with Crippen LogP contribution in [0.2, 0.25) is 0 Å². The number of primary amides is 1. The van der Waals surface area contributed by atoms with Crippen LogP contribution >= 0.6 is 0 Å². The molecule has 0 aromatic heterocycles. The van der Waals surface area contributed by atoms with Gasteiger partial charge in [-0.05, 0) is 19.3 Å². The van der Waals surface area contributed by atoms with E-state index in [0.29, 0.717) is 6.42 Å². The fraction of sp³-hybridized carbons (Fsp3) is 0.933. The van der Waals surface area contributed by atoms with Gasteiger partial charge >= 0.3 is 0 Å². The van der Waals surface area contributed by atoms with Crippen LogP contribution in [0.4, 0.5) is 0 Å². The van der Waals surface area contributed by atoms with Gasteiger partial charge in [0.2, 0.25) is 5.91 Å². The minimum atomic E-state index is -1.33. The van der Waals surface area contributed by atoms with Crippen molar-refractivity contribution in [3.63, 3.8) is 0 Å². The van der Waals surface area contributed by atoms with Crippen molar-refractivity contribution in [3.8, 4) is 0 Å². The van der Waals surface area contributed by atoms with Gasteiger partial charge in [0.25, 0.3) is 0 Å². The molecule has 4 heteroatoms. The number of amides is 1. The van der Waals surface area contributed by atoms with Gasteiger partial charge in [0.1, 0.15) is 0 Å². The maximum atomic E-state index is 11.2. The first-order valence-corrected chi connectivity index (χ1v) is 7.73. The summed E-state index contributed by atoms with van der Waals surface area (Å²) in [6, 6.07) is 0. The van der Waals surface area contributed by atoms with E-state index < -0.39 is 6.29 Å². The fourth-order valence-electron chi connectivity index (χ4n) is 2.30. The van der Waals surface area contributed by atoms with Gasteiger partial charge in [-0.25, -0.2) is 0 Å². The molecule has 0 spiro atoms. The molecule has 1 atom stereocenters.